The zero-order valence-corrected chi connectivity index (χ0v) is 16.6. The van der Waals surface area contributed by atoms with E-state index < -0.39 is 15.6 Å². The summed E-state index contributed by atoms with van der Waals surface area (Å²) in [6.45, 7) is 3.78. The zero-order chi connectivity index (χ0) is 19.8. The van der Waals surface area contributed by atoms with E-state index in [1.165, 1.54) is 23.0 Å². The summed E-state index contributed by atoms with van der Waals surface area (Å²) >= 11 is 5.93. The van der Waals surface area contributed by atoms with Crippen LogP contribution >= 0.6 is 11.6 Å². The SMILES string of the molecule is CC(C)c1c(NS(=O)(=O)c2cccnc2Cl)c(=O)n(-c2ccccc2)n1C. The standard InChI is InChI=1S/C18H19ClN4O3S/c1-12(2)16-15(21-27(25,26)14-10-7-11-20-17(14)19)18(24)23(22(16)3)13-8-5-4-6-9-13/h4-12,21H,1-3H3. The molecule has 27 heavy (non-hydrogen) atoms. The first kappa shape index (κ1) is 19.2. The second-order valence-electron chi connectivity index (χ2n) is 6.29. The number of hydrogen-bond donors (Lipinski definition) is 1. The Morgan fingerprint density at radius 3 is 2.37 bits per heavy atom. The summed E-state index contributed by atoms with van der Waals surface area (Å²) in [7, 11) is -2.36. The fourth-order valence-corrected chi connectivity index (χ4v) is 4.53. The van der Waals surface area contributed by atoms with Crippen LogP contribution in [0.3, 0.4) is 0 Å². The molecule has 142 valence electrons. The summed E-state index contributed by atoms with van der Waals surface area (Å²) in [5, 5.41) is -0.157. The van der Waals surface area contributed by atoms with Gasteiger partial charge in [-0.3, -0.25) is 14.2 Å². The van der Waals surface area contributed by atoms with Gasteiger partial charge in [-0.25, -0.2) is 18.1 Å². The van der Waals surface area contributed by atoms with Crippen molar-refractivity contribution < 1.29 is 8.42 Å². The van der Waals surface area contributed by atoms with E-state index in [2.05, 4.69) is 9.71 Å². The molecule has 7 nitrogen and oxygen atoms in total. The highest BCUT2D eigenvalue weighted by Gasteiger charge is 2.27. The van der Waals surface area contributed by atoms with Crippen molar-refractivity contribution in [3.8, 4) is 5.69 Å². The number of aromatic nitrogens is 3. The molecule has 0 atom stereocenters. The van der Waals surface area contributed by atoms with E-state index >= 15 is 0 Å². The zero-order valence-electron chi connectivity index (χ0n) is 15.0. The minimum Gasteiger partial charge on any atom is -0.283 e. The van der Waals surface area contributed by atoms with Gasteiger partial charge in [-0.15, -0.1) is 0 Å². The molecule has 0 bridgehead atoms. The second-order valence-corrected chi connectivity index (χ2v) is 8.30. The average molecular weight is 407 g/mol. The Morgan fingerprint density at radius 2 is 1.78 bits per heavy atom. The van der Waals surface area contributed by atoms with Crippen molar-refractivity contribution in [2.45, 2.75) is 24.7 Å². The van der Waals surface area contributed by atoms with Gasteiger partial charge in [0.25, 0.3) is 15.6 Å². The maximum Gasteiger partial charge on any atom is 0.296 e. The van der Waals surface area contributed by atoms with E-state index in [0.717, 1.165) is 0 Å². The molecule has 0 amide bonds. The van der Waals surface area contributed by atoms with Crippen molar-refractivity contribution in [1.29, 1.82) is 0 Å². The smallest absolute Gasteiger partial charge is 0.283 e. The largest absolute Gasteiger partial charge is 0.296 e. The van der Waals surface area contributed by atoms with Gasteiger partial charge in [0.15, 0.2) is 0 Å². The van der Waals surface area contributed by atoms with Crippen molar-refractivity contribution in [3.05, 3.63) is 69.9 Å². The van der Waals surface area contributed by atoms with Gasteiger partial charge in [0.2, 0.25) is 0 Å². The molecule has 3 rings (SSSR count). The molecular weight excluding hydrogens is 388 g/mol. The molecule has 0 radical (unpaired) electrons. The third-order valence-corrected chi connectivity index (χ3v) is 5.90. The summed E-state index contributed by atoms with van der Waals surface area (Å²) in [5.41, 5.74) is 0.733. The molecule has 0 saturated carbocycles. The number of anilines is 1. The van der Waals surface area contributed by atoms with Crippen LogP contribution < -0.4 is 10.3 Å². The van der Waals surface area contributed by atoms with Crippen LogP contribution in [0.5, 0.6) is 0 Å². The number of benzene rings is 1. The maximum absolute atomic E-state index is 13.1. The van der Waals surface area contributed by atoms with E-state index in [0.29, 0.717) is 11.4 Å². The lowest BCUT2D eigenvalue weighted by molar-refractivity contribution is 0.594. The van der Waals surface area contributed by atoms with Gasteiger partial charge in [0.1, 0.15) is 15.7 Å². The predicted molar refractivity (Wildman–Crippen MR) is 105 cm³/mol. The molecule has 3 aromatic rings. The fourth-order valence-electron chi connectivity index (χ4n) is 3.00. The molecule has 2 aromatic heterocycles. The molecule has 0 saturated heterocycles. The van der Waals surface area contributed by atoms with Crippen molar-refractivity contribution in [1.82, 2.24) is 14.3 Å². The van der Waals surface area contributed by atoms with Crippen LogP contribution in [0.15, 0.2) is 58.4 Å². The average Bonchev–Trinajstić information content (AvgIpc) is 2.85. The van der Waals surface area contributed by atoms with Crippen LogP contribution in [0.2, 0.25) is 5.15 Å². The van der Waals surface area contributed by atoms with E-state index in [1.807, 2.05) is 32.0 Å². The first-order valence-corrected chi connectivity index (χ1v) is 10.1. The maximum atomic E-state index is 13.1. The number of pyridine rings is 1. The third kappa shape index (κ3) is 3.50. The van der Waals surface area contributed by atoms with Gasteiger partial charge in [-0.2, -0.15) is 0 Å². The molecule has 0 unspecified atom stereocenters. The number of sulfonamides is 1. The molecule has 0 aliphatic rings. The molecule has 0 aliphatic heterocycles. The third-order valence-electron chi connectivity index (χ3n) is 4.11. The molecule has 1 aromatic carbocycles. The molecular formula is C18H19ClN4O3S. The second kappa shape index (κ2) is 7.21. The van der Waals surface area contributed by atoms with Gasteiger partial charge in [-0.1, -0.05) is 43.6 Å². The fraction of sp³-hybridized carbons (Fsp3) is 0.222. The highest BCUT2D eigenvalue weighted by atomic mass is 35.5. The first-order valence-electron chi connectivity index (χ1n) is 8.24. The summed E-state index contributed by atoms with van der Waals surface area (Å²) in [6, 6.07) is 11.8. The van der Waals surface area contributed by atoms with Gasteiger partial charge < -0.3 is 0 Å². The van der Waals surface area contributed by atoms with Crippen molar-refractivity contribution >= 4 is 27.3 Å². The monoisotopic (exact) mass is 406 g/mol. The highest BCUT2D eigenvalue weighted by molar-refractivity contribution is 7.92. The molecule has 0 spiro atoms. The topological polar surface area (TPSA) is 86.0 Å². The van der Waals surface area contributed by atoms with Crippen LogP contribution in [0.4, 0.5) is 5.69 Å². The van der Waals surface area contributed by atoms with E-state index in [9.17, 15) is 13.2 Å². The quantitative estimate of drug-likeness (QED) is 0.659. The van der Waals surface area contributed by atoms with Crippen LogP contribution in [0.1, 0.15) is 25.5 Å². The Hall–Kier alpha value is -2.58. The number of nitrogens with one attached hydrogen (secondary N) is 1. The predicted octanol–water partition coefficient (Wildman–Crippen LogP) is 3.15. The number of para-hydroxylation sites is 1. The van der Waals surface area contributed by atoms with Gasteiger partial charge in [0, 0.05) is 13.2 Å². The van der Waals surface area contributed by atoms with E-state index in [4.69, 9.17) is 11.6 Å². The Bertz CT molecular complexity index is 1140. The summed E-state index contributed by atoms with van der Waals surface area (Å²) in [5.74, 6) is -0.102. The molecule has 9 heteroatoms. The van der Waals surface area contributed by atoms with Crippen LogP contribution in [0, 0.1) is 0 Å². The van der Waals surface area contributed by atoms with E-state index in [-0.39, 0.29) is 21.7 Å². The summed E-state index contributed by atoms with van der Waals surface area (Å²) < 4.78 is 31.1. The van der Waals surface area contributed by atoms with Gasteiger partial charge >= 0.3 is 0 Å². The Labute approximate surface area is 162 Å². The van der Waals surface area contributed by atoms with Gasteiger partial charge in [-0.05, 0) is 30.2 Å². The van der Waals surface area contributed by atoms with Crippen molar-refractivity contribution in [2.75, 3.05) is 4.72 Å². The molecule has 2 heterocycles. The van der Waals surface area contributed by atoms with E-state index in [1.54, 1.807) is 23.9 Å². The van der Waals surface area contributed by atoms with Crippen LogP contribution in [-0.2, 0) is 17.1 Å². The lowest BCUT2D eigenvalue weighted by atomic mass is 10.1. The van der Waals surface area contributed by atoms with Crippen molar-refractivity contribution in [3.63, 3.8) is 0 Å². The first-order chi connectivity index (χ1) is 12.7. The number of halogens is 1. The minimum absolute atomic E-state index is 0.00345. The van der Waals surface area contributed by atoms with Crippen LogP contribution in [-0.4, -0.2) is 22.8 Å². The number of nitrogens with zero attached hydrogens (tertiary/aromatic N) is 3. The Morgan fingerprint density at radius 1 is 1.11 bits per heavy atom. The lowest BCUT2D eigenvalue weighted by Gasteiger charge is -2.13. The Balaban J connectivity index is 2.19. The van der Waals surface area contributed by atoms with Crippen molar-refractivity contribution in [2.24, 2.45) is 7.05 Å². The molecule has 0 aliphatic carbocycles. The minimum atomic E-state index is -4.08. The lowest BCUT2D eigenvalue weighted by Crippen LogP contribution is -2.23. The normalized spacial score (nSPS) is 11.7. The Kier molecular flexibility index (Phi) is 5.12. The molecule has 0 fully saturated rings. The van der Waals surface area contributed by atoms with Crippen LogP contribution in [0.25, 0.3) is 5.69 Å². The summed E-state index contributed by atoms with van der Waals surface area (Å²) in [4.78, 5) is 16.7. The number of rotatable bonds is 5. The number of hydrogen-bond acceptors (Lipinski definition) is 4. The molecule has 1 N–H and O–H groups in total. The van der Waals surface area contributed by atoms with Gasteiger partial charge in [0.05, 0.1) is 11.4 Å². The summed E-state index contributed by atoms with van der Waals surface area (Å²) in [6.07, 6.45) is 1.39. The highest BCUT2D eigenvalue weighted by Crippen LogP contribution is 2.27.